The van der Waals surface area contributed by atoms with Gasteiger partial charge in [-0.3, -0.25) is 4.79 Å². The fourth-order valence-electron chi connectivity index (χ4n) is 2.70. The van der Waals surface area contributed by atoms with Crippen molar-refractivity contribution in [2.75, 3.05) is 13.1 Å². The Morgan fingerprint density at radius 3 is 2.89 bits per heavy atom. The molecule has 2 nitrogen and oxygen atoms in total. The molecule has 0 saturated carbocycles. The van der Waals surface area contributed by atoms with E-state index in [-0.39, 0.29) is 11.3 Å². The Hall–Kier alpha value is -0.930. The molecule has 0 spiro atoms. The lowest BCUT2D eigenvalue weighted by Gasteiger charge is -2.26. The minimum absolute atomic E-state index is 0.0940. The average Bonchev–Trinajstić information content (AvgIpc) is 2.78. The van der Waals surface area contributed by atoms with Crippen molar-refractivity contribution in [2.24, 2.45) is 5.41 Å². The maximum absolute atomic E-state index is 13.8. The maximum atomic E-state index is 13.8. The lowest BCUT2D eigenvalue weighted by Crippen LogP contribution is -2.34. The molecule has 0 aromatic heterocycles. The van der Waals surface area contributed by atoms with Gasteiger partial charge >= 0.3 is 0 Å². The van der Waals surface area contributed by atoms with Gasteiger partial charge in [0.25, 0.3) is 0 Å². The van der Waals surface area contributed by atoms with Gasteiger partial charge in [0.1, 0.15) is 5.82 Å². The van der Waals surface area contributed by atoms with Gasteiger partial charge in [-0.05, 0) is 37.6 Å². The highest BCUT2D eigenvalue weighted by Crippen LogP contribution is 2.35. The second kappa shape index (κ2) is 5.37. The third kappa shape index (κ3) is 2.43. The Balaban J connectivity index is 2.34. The van der Waals surface area contributed by atoms with E-state index in [2.05, 4.69) is 5.32 Å². The SMILES string of the molecule is CCCC1(C(=O)c2ccc(Cl)cc2F)CCNC1. The highest BCUT2D eigenvalue weighted by Gasteiger charge is 2.41. The van der Waals surface area contributed by atoms with Gasteiger partial charge in [-0.1, -0.05) is 24.9 Å². The van der Waals surface area contributed by atoms with E-state index in [4.69, 9.17) is 11.6 Å². The van der Waals surface area contributed by atoms with Crippen molar-refractivity contribution >= 4 is 17.4 Å². The fraction of sp³-hybridized carbons (Fsp3) is 0.500. The molecular formula is C14H17ClFNO. The summed E-state index contributed by atoms with van der Waals surface area (Å²) in [6.07, 6.45) is 2.49. The minimum Gasteiger partial charge on any atom is -0.316 e. The fourth-order valence-corrected chi connectivity index (χ4v) is 2.86. The number of carbonyl (C=O) groups is 1. The molecule has 0 bridgehead atoms. The summed E-state index contributed by atoms with van der Waals surface area (Å²) in [5.74, 6) is -0.613. The lowest BCUT2D eigenvalue weighted by molar-refractivity contribution is 0.0797. The van der Waals surface area contributed by atoms with E-state index in [0.717, 1.165) is 25.8 Å². The van der Waals surface area contributed by atoms with E-state index in [1.54, 1.807) is 6.07 Å². The minimum atomic E-state index is -0.519. The average molecular weight is 270 g/mol. The van der Waals surface area contributed by atoms with Crippen LogP contribution in [-0.4, -0.2) is 18.9 Å². The summed E-state index contributed by atoms with van der Waals surface area (Å²) >= 11 is 5.71. The number of nitrogens with one attached hydrogen (secondary N) is 1. The third-order valence-corrected chi connectivity index (χ3v) is 3.86. The maximum Gasteiger partial charge on any atom is 0.173 e. The van der Waals surface area contributed by atoms with Crippen LogP contribution in [0.25, 0.3) is 0 Å². The summed E-state index contributed by atoms with van der Waals surface area (Å²) in [6, 6.07) is 4.27. The Morgan fingerprint density at radius 1 is 1.56 bits per heavy atom. The molecule has 1 fully saturated rings. The van der Waals surface area contributed by atoms with E-state index >= 15 is 0 Å². The summed E-state index contributed by atoms with van der Waals surface area (Å²) in [7, 11) is 0. The van der Waals surface area contributed by atoms with Crippen LogP contribution in [-0.2, 0) is 0 Å². The molecule has 0 aliphatic carbocycles. The van der Waals surface area contributed by atoms with Gasteiger partial charge in [-0.2, -0.15) is 0 Å². The highest BCUT2D eigenvalue weighted by molar-refractivity contribution is 6.30. The second-order valence-corrected chi connectivity index (χ2v) is 5.35. The van der Waals surface area contributed by atoms with Gasteiger partial charge in [-0.25, -0.2) is 4.39 Å². The molecule has 1 saturated heterocycles. The van der Waals surface area contributed by atoms with Gasteiger partial charge < -0.3 is 5.32 Å². The molecule has 1 aliphatic heterocycles. The molecule has 1 N–H and O–H groups in total. The number of hydrogen-bond donors (Lipinski definition) is 1. The van der Waals surface area contributed by atoms with Crippen LogP contribution in [0.1, 0.15) is 36.5 Å². The van der Waals surface area contributed by atoms with E-state index < -0.39 is 11.2 Å². The molecule has 1 atom stereocenters. The molecule has 1 heterocycles. The van der Waals surface area contributed by atoms with Crippen molar-refractivity contribution in [3.05, 3.63) is 34.6 Å². The number of ketones is 1. The van der Waals surface area contributed by atoms with Gasteiger partial charge in [0.15, 0.2) is 5.78 Å². The predicted molar refractivity (Wildman–Crippen MR) is 70.6 cm³/mol. The van der Waals surface area contributed by atoms with Gasteiger partial charge in [0.05, 0.1) is 5.56 Å². The van der Waals surface area contributed by atoms with Crippen LogP contribution in [0, 0.1) is 11.2 Å². The first-order valence-electron chi connectivity index (χ1n) is 6.29. The zero-order valence-corrected chi connectivity index (χ0v) is 11.2. The Kier molecular flexibility index (Phi) is 4.03. The quantitative estimate of drug-likeness (QED) is 0.849. The van der Waals surface area contributed by atoms with Crippen LogP contribution in [0.15, 0.2) is 18.2 Å². The molecule has 1 unspecified atom stereocenters. The summed E-state index contributed by atoms with van der Waals surface area (Å²) in [4.78, 5) is 12.6. The van der Waals surface area contributed by atoms with Crippen molar-refractivity contribution < 1.29 is 9.18 Å². The van der Waals surface area contributed by atoms with E-state index in [1.807, 2.05) is 6.92 Å². The van der Waals surface area contributed by atoms with Crippen molar-refractivity contribution in [1.82, 2.24) is 5.32 Å². The molecule has 1 aliphatic rings. The standard InChI is InChI=1S/C14H17ClFNO/c1-2-5-14(6-7-17-9-14)13(18)11-4-3-10(15)8-12(11)16/h3-4,8,17H,2,5-7,9H2,1H3. The van der Waals surface area contributed by atoms with Crippen molar-refractivity contribution in [2.45, 2.75) is 26.2 Å². The first-order chi connectivity index (χ1) is 8.59. The number of Topliss-reactive ketones (excluding diaryl/α,β-unsaturated/α-hetero) is 1. The Labute approximate surface area is 112 Å². The predicted octanol–water partition coefficient (Wildman–Crippen LogP) is 3.44. The first kappa shape index (κ1) is 13.5. The summed E-state index contributed by atoms with van der Waals surface area (Å²) in [6.45, 7) is 3.51. The number of halogens is 2. The smallest absolute Gasteiger partial charge is 0.173 e. The number of carbonyl (C=O) groups excluding carboxylic acids is 1. The lowest BCUT2D eigenvalue weighted by atomic mass is 9.76. The zero-order valence-electron chi connectivity index (χ0n) is 10.4. The van der Waals surface area contributed by atoms with Crippen LogP contribution < -0.4 is 5.32 Å². The van der Waals surface area contributed by atoms with Crippen LogP contribution in [0.4, 0.5) is 4.39 Å². The monoisotopic (exact) mass is 269 g/mol. The van der Waals surface area contributed by atoms with Crippen molar-refractivity contribution in [3.8, 4) is 0 Å². The molecule has 1 aromatic rings. The van der Waals surface area contributed by atoms with Crippen LogP contribution in [0.3, 0.4) is 0 Å². The number of hydrogen-bond acceptors (Lipinski definition) is 2. The highest BCUT2D eigenvalue weighted by atomic mass is 35.5. The van der Waals surface area contributed by atoms with Crippen LogP contribution in [0.5, 0.6) is 0 Å². The summed E-state index contributed by atoms with van der Waals surface area (Å²) < 4.78 is 13.8. The van der Waals surface area contributed by atoms with Gasteiger partial charge in [0, 0.05) is 17.0 Å². The van der Waals surface area contributed by atoms with Crippen LogP contribution in [0.2, 0.25) is 5.02 Å². The largest absolute Gasteiger partial charge is 0.316 e. The molecule has 18 heavy (non-hydrogen) atoms. The normalized spacial score (nSPS) is 23.3. The molecule has 4 heteroatoms. The summed E-state index contributed by atoms with van der Waals surface area (Å²) in [5.41, 5.74) is -0.278. The van der Waals surface area contributed by atoms with Crippen molar-refractivity contribution in [1.29, 1.82) is 0 Å². The Bertz CT molecular complexity index is 455. The zero-order chi connectivity index (χ0) is 13.2. The van der Waals surface area contributed by atoms with Crippen LogP contribution >= 0.6 is 11.6 Å². The molecule has 2 rings (SSSR count). The summed E-state index contributed by atoms with van der Waals surface area (Å²) in [5, 5.41) is 3.53. The molecule has 0 radical (unpaired) electrons. The van der Waals surface area contributed by atoms with E-state index in [9.17, 15) is 9.18 Å². The molecule has 98 valence electrons. The van der Waals surface area contributed by atoms with Gasteiger partial charge in [-0.15, -0.1) is 0 Å². The molecule has 0 amide bonds. The number of rotatable bonds is 4. The van der Waals surface area contributed by atoms with E-state index in [0.29, 0.717) is 11.6 Å². The van der Waals surface area contributed by atoms with Gasteiger partial charge in [0.2, 0.25) is 0 Å². The van der Waals surface area contributed by atoms with Crippen molar-refractivity contribution in [3.63, 3.8) is 0 Å². The first-order valence-corrected chi connectivity index (χ1v) is 6.67. The third-order valence-electron chi connectivity index (χ3n) is 3.63. The van der Waals surface area contributed by atoms with E-state index in [1.165, 1.54) is 12.1 Å². The molecular weight excluding hydrogens is 253 g/mol. The topological polar surface area (TPSA) is 29.1 Å². The Morgan fingerprint density at radius 2 is 2.33 bits per heavy atom. The number of benzene rings is 1. The second-order valence-electron chi connectivity index (χ2n) is 4.91. The molecule has 1 aromatic carbocycles.